The van der Waals surface area contributed by atoms with E-state index in [0.717, 1.165) is 12.1 Å². The molecule has 5 heteroatoms. The van der Waals surface area contributed by atoms with Crippen molar-refractivity contribution in [2.45, 2.75) is 0 Å². The van der Waals surface area contributed by atoms with E-state index >= 15 is 0 Å². The molecule has 2 amide bonds. The SMILES string of the molecule is C[NH+](C)CCNC(=O)/C(=C/c1ccccc1)NC(=O)c1ccccc1. The van der Waals surface area contributed by atoms with E-state index in [1.165, 1.54) is 4.90 Å². The van der Waals surface area contributed by atoms with E-state index in [4.69, 9.17) is 0 Å². The van der Waals surface area contributed by atoms with Crippen LogP contribution < -0.4 is 15.5 Å². The van der Waals surface area contributed by atoms with E-state index in [-0.39, 0.29) is 17.5 Å². The minimum absolute atomic E-state index is 0.230. The summed E-state index contributed by atoms with van der Waals surface area (Å²) in [5.74, 6) is -0.606. The third-order valence-corrected chi connectivity index (χ3v) is 3.55. The standard InChI is InChI=1S/C20H23N3O2/c1-23(2)14-13-21-20(25)18(15-16-9-5-3-6-10-16)22-19(24)17-11-7-4-8-12-17/h3-12,15H,13-14H2,1-2H3,(H,21,25)(H,22,24)/p+1/b18-15-. The van der Waals surface area contributed by atoms with Crippen LogP contribution >= 0.6 is 0 Å². The van der Waals surface area contributed by atoms with E-state index in [1.807, 2.05) is 50.5 Å². The lowest BCUT2D eigenvalue weighted by Crippen LogP contribution is -3.06. The predicted molar refractivity (Wildman–Crippen MR) is 99.0 cm³/mol. The molecule has 2 rings (SSSR count). The van der Waals surface area contributed by atoms with E-state index in [2.05, 4.69) is 10.6 Å². The quantitative estimate of drug-likeness (QED) is 0.652. The van der Waals surface area contributed by atoms with Crippen LogP contribution in [-0.2, 0) is 4.79 Å². The molecule has 0 saturated carbocycles. The Kier molecular flexibility index (Phi) is 6.92. The van der Waals surface area contributed by atoms with Crippen molar-refractivity contribution in [3.05, 3.63) is 77.5 Å². The summed E-state index contributed by atoms with van der Waals surface area (Å²) in [5.41, 5.74) is 1.58. The number of amides is 2. The van der Waals surface area contributed by atoms with E-state index in [0.29, 0.717) is 12.1 Å². The Labute approximate surface area is 148 Å². The van der Waals surface area contributed by atoms with Crippen LogP contribution in [0.4, 0.5) is 0 Å². The molecular formula is C20H24N3O2+. The topological polar surface area (TPSA) is 62.6 Å². The molecule has 0 aliphatic rings. The highest BCUT2D eigenvalue weighted by molar-refractivity contribution is 6.05. The average Bonchev–Trinajstić information content (AvgIpc) is 2.62. The Balaban J connectivity index is 2.16. The summed E-state index contributed by atoms with van der Waals surface area (Å²) >= 11 is 0. The maximum absolute atomic E-state index is 12.5. The van der Waals surface area contributed by atoms with Gasteiger partial charge in [-0.3, -0.25) is 9.59 Å². The summed E-state index contributed by atoms with van der Waals surface area (Å²) in [5, 5.41) is 5.57. The number of quaternary nitrogens is 1. The predicted octanol–water partition coefficient (Wildman–Crippen LogP) is 0.718. The number of likely N-dealkylation sites (N-methyl/N-ethyl adjacent to an activating group) is 1. The van der Waals surface area contributed by atoms with Gasteiger partial charge in [0.2, 0.25) is 0 Å². The molecule has 0 aliphatic carbocycles. The molecule has 2 aromatic carbocycles. The average molecular weight is 338 g/mol. The second-order valence-electron chi connectivity index (χ2n) is 6.00. The molecule has 0 unspecified atom stereocenters. The fourth-order valence-corrected chi connectivity index (χ4v) is 2.18. The number of carbonyl (C=O) groups excluding carboxylic acids is 2. The lowest BCUT2D eigenvalue weighted by molar-refractivity contribution is -0.856. The highest BCUT2D eigenvalue weighted by Gasteiger charge is 2.14. The fraction of sp³-hybridized carbons (Fsp3) is 0.200. The van der Waals surface area contributed by atoms with Gasteiger partial charge in [0, 0.05) is 5.56 Å². The van der Waals surface area contributed by atoms with Crippen LogP contribution in [0.5, 0.6) is 0 Å². The number of nitrogens with one attached hydrogen (secondary N) is 3. The van der Waals surface area contributed by atoms with Crippen molar-refractivity contribution in [1.29, 1.82) is 0 Å². The molecule has 3 N–H and O–H groups in total. The third-order valence-electron chi connectivity index (χ3n) is 3.55. The molecule has 0 aliphatic heterocycles. The van der Waals surface area contributed by atoms with Crippen molar-refractivity contribution in [2.75, 3.05) is 27.2 Å². The van der Waals surface area contributed by atoms with Gasteiger partial charge in [-0.2, -0.15) is 0 Å². The van der Waals surface area contributed by atoms with Gasteiger partial charge in [0.1, 0.15) is 5.70 Å². The Morgan fingerprint density at radius 2 is 1.56 bits per heavy atom. The van der Waals surface area contributed by atoms with E-state index in [1.54, 1.807) is 30.3 Å². The Bertz CT molecular complexity index is 725. The van der Waals surface area contributed by atoms with Crippen LogP contribution in [0.2, 0.25) is 0 Å². The number of hydrogen-bond donors (Lipinski definition) is 3. The van der Waals surface area contributed by atoms with Crippen molar-refractivity contribution >= 4 is 17.9 Å². The smallest absolute Gasteiger partial charge is 0.268 e. The lowest BCUT2D eigenvalue weighted by atomic mass is 10.1. The number of benzene rings is 2. The highest BCUT2D eigenvalue weighted by atomic mass is 16.2. The van der Waals surface area contributed by atoms with Crippen LogP contribution in [-0.4, -0.2) is 39.0 Å². The molecule has 0 radical (unpaired) electrons. The summed E-state index contributed by atoms with van der Waals surface area (Å²) in [7, 11) is 4.04. The minimum Gasteiger partial charge on any atom is -0.345 e. The van der Waals surface area contributed by atoms with E-state index < -0.39 is 0 Å². The van der Waals surface area contributed by atoms with Crippen LogP contribution in [0.3, 0.4) is 0 Å². The molecule has 0 saturated heterocycles. The van der Waals surface area contributed by atoms with Crippen LogP contribution in [0.15, 0.2) is 66.4 Å². The van der Waals surface area contributed by atoms with E-state index in [9.17, 15) is 9.59 Å². The van der Waals surface area contributed by atoms with Gasteiger partial charge in [-0.05, 0) is 23.8 Å². The summed E-state index contributed by atoms with van der Waals surface area (Å²) in [4.78, 5) is 26.1. The minimum atomic E-state index is -0.309. The van der Waals surface area contributed by atoms with Crippen LogP contribution in [0.25, 0.3) is 6.08 Å². The number of carbonyl (C=O) groups is 2. The first-order chi connectivity index (χ1) is 12.1. The summed E-state index contributed by atoms with van der Waals surface area (Å²) in [6.07, 6.45) is 1.68. The molecule has 0 spiro atoms. The molecule has 0 atom stereocenters. The summed E-state index contributed by atoms with van der Waals surface area (Å²) in [6, 6.07) is 18.3. The first kappa shape index (κ1) is 18.4. The van der Waals surface area contributed by atoms with Gasteiger partial charge in [-0.1, -0.05) is 48.5 Å². The molecule has 0 aromatic heterocycles. The first-order valence-corrected chi connectivity index (χ1v) is 8.26. The number of hydrogen-bond acceptors (Lipinski definition) is 2. The third kappa shape index (κ3) is 6.24. The summed E-state index contributed by atoms with van der Waals surface area (Å²) in [6.45, 7) is 1.34. The van der Waals surface area contributed by atoms with Crippen LogP contribution in [0, 0.1) is 0 Å². The van der Waals surface area contributed by atoms with Crippen molar-refractivity contribution in [3.63, 3.8) is 0 Å². The van der Waals surface area contributed by atoms with Crippen molar-refractivity contribution < 1.29 is 14.5 Å². The molecule has 5 nitrogen and oxygen atoms in total. The molecule has 0 fully saturated rings. The van der Waals surface area contributed by atoms with Crippen molar-refractivity contribution in [3.8, 4) is 0 Å². The molecular weight excluding hydrogens is 314 g/mol. The second kappa shape index (κ2) is 9.39. The molecule has 25 heavy (non-hydrogen) atoms. The summed E-state index contributed by atoms with van der Waals surface area (Å²) < 4.78 is 0. The number of rotatable bonds is 7. The second-order valence-corrected chi connectivity index (χ2v) is 6.00. The van der Waals surface area contributed by atoms with Gasteiger partial charge in [0.15, 0.2) is 0 Å². The zero-order chi connectivity index (χ0) is 18.1. The van der Waals surface area contributed by atoms with Gasteiger partial charge >= 0.3 is 0 Å². The Hall–Kier alpha value is -2.92. The maximum Gasteiger partial charge on any atom is 0.268 e. The fourth-order valence-electron chi connectivity index (χ4n) is 2.18. The van der Waals surface area contributed by atoms with Gasteiger partial charge in [0.05, 0.1) is 27.2 Å². The largest absolute Gasteiger partial charge is 0.345 e. The van der Waals surface area contributed by atoms with Crippen molar-refractivity contribution in [2.24, 2.45) is 0 Å². The zero-order valence-electron chi connectivity index (χ0n) is 14.6. The lowest BCUT2D eigenvalue weighted by Gasteiger charge is -2.12. The maximum atomic E-state index is 12.5. The Morgan fingerprint density at radius 3 is 2.16 bits per heavy atom. The first-order valence-electron chi connectivity index (χ1n) is 8.26. The van der Waals surface area contributed by atoms with Gasteiger partial charge < -0.3 is 15.5 Å². The highest BCUT2D eigenvalue weighted by Crippen LogP contribution is 2.07. The molecule has 2 aromatic rings. The Morgan fingerprint density at radius 1 is 0.960 bits per heavy atom. The van der Waals surface area contributed by atoms with Crippen molar-refractivity contribution in [1.82, 2.24) is 10.6 Å². The monoisotopic (exact) mass is 338 g/mol. The molecule has 0 heterocycles. The van der Waals surface area contributed by atoms with Crippen LogP contribution in [0.1, 0.15) is 15.9 Å². The molecule has 130 valence electrons. The van der Waals surface area contributed by atoms with Gasteiger partial charge in [-0.15, -0.1) is 0 Å². The molecule has 0 bridgehead atoms. The van der Waals surface area contributed by atoms with Gasteiger partial charge in [0.25, 0.3) is 11.8 Å². The zero-order valence-corrected chi connectivity index (χ0v) is 14.6. The van der Waals surface area contributed by atoms with Gasteiger partial charge in [-0.25, -0.2) is 0 Å². The normalized spacial score (nSPS) is 11.2.